The Kier molecular flexibility index (Phi) is 6.75. The highest BCUT2D eigenvalue weighted by Gasteiger charge is 2.25. The van der Waals surface area contributed by atoms with Gasteiger partial charge in [-0.15, -0.1) is 0 Å². The van der Waals surface area contributed by atoms with Gasteiger partial charge >= 0.3 is 0 Å². The molecular weight excluding hydrogens is 389 g/mol. The highest BCUT2D eigenvalue weighted by atomic mass is 19.1. The van der Waals surface area contributed by atoms with Gasteiger partial charge in [-0.05, 0) is 59.4 Å². The summed E-state index contributed by atoms with van der Waals surface area (Å²) in [6.07, 6.45) is 1.91. The fraction of sp³-hybridized carbons (Fsp3) is 0.269. The van der Waals surface area contributed by atoms with Gasteiger partial charge in [-0.25, -0.2) is 4.39 Å². The molecule has 1 heterocycles. The quantitative estimate of drug-likeness (QED) is 0.550. The van der Waals surface area contributed by atoms with Crippen molar-refractivity contribution in [2.45, 2.75) is 32.0 Å². The van der Waals surface area contributed by atoms with Crippen molar-refractivity contribution in [3.05, 3.63) is 106 Å². The van der Waals surface area contributed by atoms with Crippen molar-refractivity contribution in [3.8, 4) is 0 Å². The Morgan fingerprint density at radius 3 is 2.35 bits per heavy atom. The molecule has 0 radical (unpaired) electrons. The molecular formula is C26H28FN3O. The van der Waals surface area contributed by atoms with E-state index >= 15 is 0 Å². The molecule has 1 atom stereocenters. The first-order valence-corrected chi connectivity index (χ1v) is 10.7. The Bertz CT molecular complexity index is 1020. The second kappa shape index (κ2) is 9.86. The van der Waals surface area contributed by atoms with Crippen molar-refractivity contribution < 1.29 is 9.18 Å². The van der Waals surface area contributed by atoms with E-state index in [0.29, 0.717) is 11.6 Å². The molecule has 1 unspecified atom stereocenters. The number of primary amides is 1. The minimum atomic E-state index is -0.405. The molecule has 0 saturated carbocycles. The van der Waals surface area contributed by atoms with Crippen LogP contribution in [-0.4, -0.2) is 29.9 Å². The number of amides is 1. The molecule has 3 aromatic rings. The molecule has 0 bridgehead atoms. The van der Waals surface area contributed by atoms with Crippen molar-refractivity contribution in [2.75, 3.05) is 13.1 Å². The second-order valence-corrected chi connectivity index (χ2v) is 8.17. The van der Waals surface area contributed by atoms with Crippen LogP contribution >= 0.6 is 0 Å². The van der Waals surface area contributed by atoms with Gasteiger partial charge in [0.25, 0.3) is 0 Å². The van der Waals surface area contributed by atoms with E-state index in [1.54, 1.807) is 24.3 Å². The van der Waals surface area contributed by atoms with Crippen LogP contribution in [0.1, 0.15) is 32.6 Å². The second-order valence-electron chi connectivity index (χ2n) is 8.17. The summed E-state index contributed by atoms with van der Waals surface area (Å²) in [5, 5.41) is 3.51. The molecule has 0 aromatic heterocycles. The number of nitrogens with one attached hydrogen (secondary N) is 1. The average Bonchev–Trinajstić information content (AvgIpc) is 2.78. The van der Waals surface area contributed by atoms with Crippen LogP contribution in [0.25, 0.3) is 0 Å². The first kappa shape index (κ1) is 21.2. The van der Waals surface area contributed by atoms with E-state index in [1.807, 2.05) is 24.3 Å². The number of carbonyl (C=O) groups excluding carboxylic acids is 1. The number of fused-ring (bicyclic) bond motifs is 1. The van der Waals surface area contributed by atoms with Gasteiger partial charge in [0.1, 0.15) is 5.82 Å². The maximum atomic E-state index is 13.3. The zero-order valence-corrected chi connectivity index (χ0v) is 17.6. The summed E-state index contributed by atoms with van der Waals surface area (Å²) in [5.41, 5.74) is 10.9. The molecule has 1 aliphatic heterocycles. The van der Waals surface area contributed by atoms with E-state index in [2.05, 4.69) is 34.5 Å². The molecule has 1 aliphatic rings. The Hall–Kier alpha value is -3.02. The molecule has 0 fully saturated rings. The number of carbonyl (C=O) groups is 1. The van der Waals surface area contributed by atoms with E-state index < -0.39 is 5.91 Å². The fourth-order valence-corrected chi connectivity index (χ4v) is 4.24. The van der Waals surface area contributed by atoms with Crippen LogP contribution in [0.3, 0.4) is 0 Å². The molecule has 0 spiro atoms. The highest BCUT2D eigenvalue weighted by molar-refractivity contribution is 5.92. The SMILES string of the molecule is NC(=O)c1ccc(CNCCN2Cc3ccccc3CC2Cc2ccc(F)cc2)cc1. The number of hydrogen-bond acceptors (Lipinski definition) is 3. The molecule has 4 nitrogen and oxygen atoms in total. The topological polar surface area (TPSA) is 58.4 Å². The van der Waals surface area contributed by atoms with Crippen molar-refractivity contribution in [1.82, 2.24) is 10.2 Å². The largest absolute Gasteiger partial charge is 0.366 e. The summed E-state index contributed by atoms with van der Waals surface area (Å²) in [5.74, 6) is -0.597. The Morgan fingerprint density at radius 2 is 1.65 bits per heavy atom. The Balaban J connectivity index is 1.36. The number of rotatable bonds is 8. The highest BCUT2D eigenvalue weighted by Crippen LogP contribution is 2.25. The van der Waals surface area contributed by atoms with Gasteiger partial charge in [0.2, 0.25) is 5.91 Å². The summed E-state index contributed by atoms with van der Waals surface area (Å²) >= 11 is 0. The van der Waals surface area contributed by atoms with Crippen molar-refractivity contribution in [2.24, 2.45) is 5.73 Å². The van der Waals surface area contributed by atoms with Crippen LogP contribution < -0.4 is 11.1 Å². The number of halogens is 1. The lowest BCUT2D eigenvalue weighted by molar-refractivity contribution is 0.100. The average molecular weight is 418 g/mol. The van der Waals surface area contributed by atoms with Crippen molar-refractivity contribution >= 4 is 5.91 Å². The van der Waals surface area contributed by atoms with E-state index in [4.69, 9.17) is 5.73 Å². The third-order valence-corrected chi connectivity index (χ3v) is 5.99. The molecule has 31 heavy (non-hydrogen) atoms. The molecule has 0 aliphatic carbocycles. The molecule has 1 amide bonds. The maximum Gasteiger partial charge on any atom is 0.248 e. The summed E-state index contributed by atoms with van der Waals surface area (Å²) in [6.45, 7) is 3.46. The van der Waals surface area contributed by atoms with E-state index in [1.165, 1.54) is 16.7 Å². The predicted octanol–water partition coefficient (Wildman–Crippen LogP) is 3.68. The van der Waals surface area contributed by atoms with Crippen LogP contribution in [0.2, 0.25) is 0 Å². The van der Waals surface area contributed by atoms with Crippen LogP contribution in [-0.2, 0) is 25.9 Å². The molecule has 160 valence electrons. The first-order chi connectivity index (χ1) is 15.1. The lowest BCUT2D eigenvalue weighted by Gasteiger charge is -2.37. The number of benzene rings is 3. The van der Waals surface area contributed by atoms with Gasteiger partial charge in [0, 0.05) is 37.8 Å². The monoisotopic (exact) mass is 417 g/mol. The fourth-order valence-electron chi connectivity index (χ4n) is 4.24. The summed E-state index contributed by atoms with van der Waals surface area (Å²) < 4.78 is 13.3. The summed E-state index contributed by atoms with van der Waals surface area (Å²) in [6, 6.07) is 23.3. The zero-order chi connectivity index (χ0) is 21.6. The van der Waals surface area contributed by atoms with Gasteiger partial charge < -0.3 is 11.1 Å². The lowest BCUT2D eigenvalue weighted by Crippen LogP contribution is -2.44. The molecule has 3 aromatic carbocycles. The van der Waals surface area contributed by atoms with E-state index in [-0.39, 0.29) is 5.82 Å². The van der Waals surface area contributed by atoms with Crippen molar-refractivity contribution in [1.29, 1.82) is 0 Å². The molecule has 5 heteroatoms. The zero-order valence-electron chi connectivity index (χ0n) is 17.6. The summed E-state index contributed by atoms with van der Waals surface area (Å²) in [7, 11) is 0. The third-order valence-electron chi connectivity index (χ3n) is 5.99. The van der Waals surface area contributed by atoms with E-state index in [9.17, 15) is 9.18 Å². The normalized spacial score (nSPS) is 16.1. The van der Waals surface area contributed by atoms with Crippen LogP contribution in [0.5, 0.6) is 0 Å². The van der Waals surface area contributed by atoms with Gasteiger partial charge in [-0.1, -0.05) is 48.5 Å². The standard InChI is InChI=1S/C26H28FN3O/c27-24-11-7-19(8-12-24)15-25-16-22-3-1-2-4-23(22)18-30(25)14-13-29-17-20-5-9-21(10-6-20)26(28)31/h1-12,25,29H,13-18H2,(H2,28,31). The third kappa shape index (κ3) is 5.57. The Morgan fingerprint density at radius 1 is 0.968 bits per heavy atom. The molecule has 0 saturated heterocycles. The van der Waals surface area contributed by atoms with Gasteiger partial charge in [0.15, 0.2) is 0 Å². The van der Waals surface area contributed by atoms with Crippen LogP contribution in [0.4, 0.5) is 4.39 Å². The van der Waals surface area contributed by atoms with Crippen molar-refractivity contribution in [3.63, 3.8) is 0 Å². The Labute approximate surface area is 182 Å². The first-order valence-electron chi connectivity index (χ1n) is 10.7. The summed E-state index contributed by atoms with van der Waals surface area (Å²) in [4.78, 5) is 13.7. The number of nitrogens with two attached hydrogens (primary N) is 1. The van der Waals surface area contributed by atoms with E-state index in [0.717, 1.165) is 44.6 Å². The van der Waals surface area contributed by atoms with Crippen LogP contribution in [0, 0.1) is 5.82 Å². The van der Waals surface area contributed by atoms with Gasteiger partial charge in [-0.2, -0.15) is 0 Å². The molecule has 4 rings (SSSR count). The van der Waals surface area contributed by atoms with Gasteiger partial charge in [0.05, 0.1) is 0 Å². The number of nitrogens with zero attached hydrogens (tertiary/aromatic N) is 1. The van der Waals surface area contributed by atoms with Gasteiger partial charge in [-0.3, -0.25) is 9.69 Å². The predicted molar refractivity (Wildman–Crippen MR) is 121 cm³/mol. The lowest BCUT2D eigenvalue weighted by atomic mass is 9.90. The number of hydrogen-bond donors (Lipinski definition) is 2. The maximum absolute atomic E-state index is 13.3. The minimum Gasteiger partial charge on any atom is -0.366 e. The smallest absolute Gasteiger partial charge is 0.248 e. The molecule has 3 N–H and O–H groups in total. The minimum absolute atomic E-state index is 0.192. The van der Waals surface area contributed by atoms with Crippen LogP contribution in [0.15, 0.2) is 72.8 Å².